The second kappa shape index (κ2) is 19.8. The van der Waals surface area contributed by atoms with Gasteiger partial charge in [-0.3, -0.25) is 34.2 Å². The van der Waals surface area contributed by atoms with Gasteiger partial charge in [-0.05, 0) is 106 Å². The van der Waals surface area contributed by atoms with E-state index in [9.17, 15) is 42.4 Å². The number of likely N-dealkylation sites (tertiary alicyclic amines) is 1. The Hall–Kier alpha value is -6.40. The van der Waals surface area contributed by atoms with Crippen LogP contribution in [0.2, 0.25) is 0 Å². The lowest BCUT2D eigenvalue weighted by molar-refractivity contribution is -0.274. The molecule has 70 heavy (non-hydrogen) atoms. The Bertz CT molecular complexity index is 2570. The highest BCUT2D eigenvalue weighted by molar-refractivity contribution is 6.23. The molecular weight excluding hydrogens is 915 g/mol. The lowest BCUT2D eigenvalue weighted by Gasteiger charge is -2.60. The van der Waals surface area contributed by atoms with Gasteiger partial charge in [-0.15, -0.1) is 13.2 Å². The van der Waals surface area contributed by atoms with Crippen molar-refractivity contribution >= 4 is 47.0 Å². The molecule has 4 aliphatic carbocycles. The lowest BCUT2D eigenvalue weighted by atomic mass is 9.48. The van der Waals surface area contributed by atoms with Crippen LogP contribution >= 0.6 is 0 Å². The number of ether oxygens (including phenoxy) is 1. The Morgan fingerprint density at radius 3 is 2.40 bits per heavy atom. The number of nitrogens with one attached hydrogen (secondary N) is 4. The topological polar surface area (TPSA) is 205 Å². The van der Waals surface area contributed by atoms with Gasteiger partial charge < -0.3 is 35.4 Å². The van der Waals surface area contributed by atoms with Crippen molar-refractivity contribution < 1.29 is 46.3 Å². The first-order chi connectivity index (χ1) is 33.5. The summed E-state index contributed by atoms with van der Waals surface area (Å²) < 4.78 is 58.5. The highest BCUT2D eigenvalue weighted by Crippen LogP contribution is 2.60. The normalized spacial score (nSPS) is 25.3. The number of piperidine rings is 2. The van der Waals surface area contributed by atoms with E-state index in [4.69, 9.17) is 0 Å². The molecule has 21 heteroatoms. The summed E-state index contributed by atoms with van der Waals surface area (Å²) in [4.78, 5) is 79.5. The molecule has 10 rings (SSSR count). The number of anilines is 3. The van der Waals surface area contributed by atoms with Gasteiger partial charge in [0.15, 0.2) is 0 Å². The molecule has 4 saturated carbocycles. The van der Waals surface area contributed by atoms with Crippen molar-refractivity contribution in [2.45, 2.75) is 82.8 Å². The fraction of sp³-hybridized carbons (Fsp3) is 0.551. The Morgan fingerprint density at radius 1 is 0.986 bits per heavy atom. The SMILES string of the molecule is CN(CCN(C)c1cc2c(cc1F)C(=O)N(C1CCC(=O)NC1=O)C2=O)CC1CCN(C(=O)CNC2[C@@H]3CC4C[C@H]2CC(CNc2nc(NCc5ccccc5OC(F)(F)F)ncc2C#N)(C4)C3)CC1. The average molecular weight is 972 g/mol. The molecule has 7 aliphatic rings. The maximum atomic E-state index is 15.4. The van der Waals surface area contributed by atoms with Gasteiger partial charge in [-0.2, -0.15) is 10.2 Å². The monoisotopic (exact) mass is 971 g/mol. The number of fused-ring (bicyclic) bond motifs is 1. The summed E-state index contributed by atoms with van der Waals surface area (Å²) in [5.41, 5.74) is 0.619. The molecule has 6 fully saturated rings. The average Bonchev–Trinajstić information content (AvgIpc) is 3.55. The van der Waals surface area contributed by atoms with Crippen LogP contribution in [0.4, 0.5) is 35.0 Å². The first kappa shape index (κ1) is 48.6. The molecule has 3 aromatic rings. The standard InChI is InChI=1S/C49H57F4N11O6/c1-61(13-14-62(2)38-18-35-34(17-36(38)50)45(68)64(46(35)69)37-7-8-40(65)59-44(37)67)26-28-9-11-63(12-10-28)41(66)25-55-42-31-15-29-16-32(42)21-48(19-29,20-31)27-58-43-33(22-54)24-57-47(60-43)56-23-30-5-3-4-6-39(30)70-49(51,52)53/h3-6,17-18,24,28-29,31-32,37,42,55H,7-16,19-21,23,25-27H2,1-2H3,(H,59,65,67)(H2,56,57,58,60)/t29?,31-,32+,37?,42?,48?. The van der Waals surface area contributed by atoms with Gasteiger partial charge in [-0.1, -0.05) is 18.2 Å². The summed E-state index contributed by atoms with van der Waals surface area (Å²) in [5, 5.41) is 22.1. The zero-order valence-electron chi connectivity index (χ0n) is 39.1. The van der Waals surface area contributed by atoms with Crippen molar-refractivity contribution in [2.75, 3.05) is 75.4 Å². The molecule has 4 heterocycles. The molecule has 6 atom stereocenters. The van der Waals surface area contributed by atoms with E-state index in [1.54, 1.807) is 18.0 Å². The number of amides is 5. The summed E-state index contributed by atoms with van der Waals surface area (Å²) in [6.07, 6.45) is 3.54. The number of imide groups is 2. The number of hydrogen-bond donors (Lipinski definition) is 4. The van der Waals surface area contributed by atoms with Crippen LogP contribution in [-0.2, 0) is 20.9 Å². The third kappa shape index (κ3) is 10.4. The van der Waals surface area contributed by atoms with Crippen LogP contribution in [0.1, 0.15) is 89.6 Å². The van der Waals surface area contributed by atoms with Crippen LogP contribution in [0, 0.1) is 46.2 Å². The van der Waals surface area contributed by atoms with Crippen LogP contribution in [0.5, 0.6) is 5.75 Å². The number of benzene rings is 2. The highest BCUT2D eigenvalue weighted by atomic mass is 19.4. The molecule has 0 radical (unpaired) electrons. The second-order valence-electron chi connectivity index (χ2n) is 20.1. The third-order valence-corrected chi connectivity index (χ3v) is 15.3. The number of nitrogens with zero attached hydrogens (tertiary/aromatic N) is 7. The number of nitriles is 1. The summed E-state index contributed by atoms with van der Waals surface area (Å²) in [6, 6.07) is 9.49. The Balaban J connectivity index is 0.711. The molecule has 17 nitrogen and oxygen atoms in total. The van der Waals surface area contributed by atoms with E-state index in [0.29, 0.717) is 62.2 Å². The molecular formula is C49H57F4N11O6. The van der Waals surface area contributed by atoms with Crippen molar-refractivity contribution in [3.8, 4) is 11.8 Å². The number of rotatable bonds is 17. The van der Waals surface area contributed by atoms with E-state index in [2.05, 4.69) is 46.9 Å². The molecule has 1 aromatic heterocycles. The number of likely N-dealkylation sites (N-methyl/N-ethyl adjacent to an activating group) is 2. The number of hydrogen-bond acceptors (Lipinski definition) is 14. The molecule has 372 valence electrons. The molecule has 2 aromatic carbocycles. The maximum absolute atomic E-state index is 15.4. The smallest absolute Gasteiger partial charge is 0.405 e. The highest BCUT2D eigenvalue weighted by Gasteiger charge is 2.55. The minimum Gasteiger partial charge on any atom is -0.405 e. The minimum absolute atomic E-state index is 0.00554. The minimum atomic E-state index is -4.84. The number of carbonyl (C=O) groups excluding carboxylic acids is 5. The molecule has 2 saturated heterocycles. The fourth-order valence-corrected chi connectivity index (χ4v) is 12.2. The largest absolute Gasteiger partial charge is 0.573 e. The van der Waals surface area contributed by atoms with Crippen molar-refractivity contribution in [1.29, 1.82) is 5.26 Å². The lowest BCUT2D eigenvalue weighted by Crippen LogP contribution is -2.60. The van der Waals surface area contributed by atoms with Gasteiger partial charge in [0.25, 0.3) is 11.8 Å². The summed E-state index contributed by atoms with van der Waals surface area (Å²) in [5.74, 6) is -1.20. The van der Waals surface area contributed by atoms with Gasteiger partial charge >= 0.3 is 6.36 Å². The fourth-order valence-electron chi connectivity index (χ4n) is 12.2. The van der Waals surface area contributed by atoms with Gasteiger partial charge in [0.1, 0.15) is 35.1 Å². The van der Waals surface area contributed by atoms with Gasteiger partial charge in [-0.25, -0.2) is 9.37 Å². The van der Waals surface area contributed by atoms with Crippen LogP contribution in [0.15, 0.2) is 42.6 Å². The van der Waals surface area contributed by atoms with Gasteiger partial charge in [0.05, 0.1) is 29.6 Å². The van der Waals surface area contributed by atoms with E-state index < -0.39 is 41.9 Å². The number of aromatic nitrogens is 2. The Kier molecular flexibility index (Phi) is 13.7. The first-order valence-corrected chi connectivity index (χ1v) is 24.0. The molecule has 5 amide bonds. The van der Waals surface area contributed by atoms with E-state index in [0.717, 1.165) is 62.5 Å². The third-order valence-electron chi connectivity index (χ3n) is 15.3. The molecule has 0 spiro atoms. The van der Waals surface area contributed by atoms with E-state index >= 15 is 4.39 Å². The summed E-state index contributed by atoms with van der Waals surface area (Å²) in [7, 11) is 3.72. The molecule has 4 unspecified atom stereocenters. The number of carbonyl (C=O) groups is 5. The van der Waals surface area contributed by atoms with Crippen molar-refractivity contribution in [3.63, 3.8) is 0 Å². The number of para-hydroxylation sites is 1. The van der Waals surface area contributed by atoms with E-state index in [1.807, 2.05) is 11.9 Å². The number of alkyl halides is 3. The zero-order chi connectivity index (χ0) is 49.5. The van der Waals surface area contributed by atoms with Crippen molar-refractivity contribution in [2.24, 2.45) is 29.1 Å². The van der Waals surface area contributed by atoms with Gasteiger partial charge in [0, 0.05) is 70.9 Å². The number of halogens is 4. The molecule has 3 aliphatic heterocycles. The first-order valence-electron chi connectivity index (χ1n) is 24.0. The Labute approximate surface area is 402 Å². The van der Waals surface area contributed by atoms with Gasteiger partial charge in [0.2, 0.25) is 23.7 Å². The summed E-state index contributed by atoms with van der Waals surface area (Å²) in [6.45, 7) is 4.04. The van der Waals surface area contributed by atoms with Crippen molar-refractivity contribution in [3.05, 3.63) is 70.7 Å². The van der Waals surface area contributed by atoms with E-state index in [1.165, 1.54) is 30.5 Å². The van der Waals surface area contributed by atoms with Crippen LogP contribution in [0.3, 0.4) is 0 Å². The summed E-state index contributed by atoms with van der Waals surface area (Å²) >= 11 is 0. The second-order valence-corrected chi connectivity index (χ2v) is 20.1. The molecule has 4 N–H and O–H groups in total. The van der Waals surface area contributed by atoms with Crippen LogP contribution < -0.4 is 30.9 Å². The van der Waals surface area contributed by atoms with Crippen molar-refractivity contribution in [1.82, 2.24) is 35.3 Å². The quantitative estimate of drug-likeness (QED) is 0.105. The maximum Gasteiger partial charge on any atom is 0.573 e. The predicted molar refractivity (Wildman–Crippen MR) is 247 cm³/mol. The van der Waals surface area contributed by atoms with Crippen LogP contribution in [0.25, 0.3) is 0 Å². The zero-order valence-corrected chi connectivity index (χ0v) is 39.1. The Morgan fingerprint density at radius 2 is 1.70 bits per heavy atom. The predicted octanol–water partition coefficient (Wildman–Crippen LogP) is 4.90. The van der Waals surface area contributed by atoms with E-state index in [-0.39, 0.29) is 82.9 Å². The molecule has 4 bridgehead atoms. The van der Waals surface area contributed by atoms with Crippen LogP contribution in [-0.4, -0.2) is 133 Å².